The summed E-state index contributed by atoms with van der Waals surface area (Å²) in [5.41, 5.74) is 2.70. The lowest BCUT2D eigenvalue weighted by Gasteiger charge is -2.17. The topological polar surface area (TPSA) is 66.8 Å². The Hall–Kier alpha value is -2.44. The Morgan fingerprint density at radius 3 is 2.35 bits per heavy atom. The average Bonchev–Trinajstić information content (AvgIpc) is 3.18. The first-order valence-corrected chi connectivity index (χ1v) is 8.10. The fourth-order valence-electron chi connectivity index (χ4n) is 2.82. The van der Waals surface area contributed by atoms with Crippen molar-refractivity contribution in [2.45, 2.75) is 12.8 Å². The summed E-state index contributed by atoms with van der Waals surface area (Å²) in [6, 6.07) is 9.80. The van der Waals surface area contributed by atoms with Crippen LogP contribution >= 0.6 is 24.8 Å². The molecule has 6 nitrogen and oxygen atoms in total. The van der Waals surface area contributed by atoms with E-state index in [1.54, 1.807) is 18.6 Å². The maximum Gasteiger partial charge on any atom is 0.150 e. The van der Waals surface area contributed by atoms with Gasteiger partial charge in [0, 0.05) is 19.3 Å². The SMILES string of the molecule is Cl.Cl.c1ccc(-c2cncc(Nc3ccc(N4CCCC4)cn3)n2)nc1. The Labute approximate surface area is 164 Å². The van der Waals surface area contributed by atoms with E-state index in [-0.39, 0.29) is 24.8 Å². The molecule has 3 aromatic heterocycles. The molecule has 0 radical (unpaired) electrons. The summed E-state index contributed by atoms with van der Waals surface area (Å²) in [6.45, 7) is 2.23. The molecule has 0 saturated carbocycles. The van der Waals surface area contributed by atoms with Crippen molar-refractivity contribution in [2.75, 3.05) is 23.3 Å². The molecule has 0 spiro atoms. The van der Waals surface area contributed by atoms with Crippen molar-refractivity contribution in [3.63, 3.8) is 0 Å². The second-order valence-electron chi connectivity index (χ2n) is 5.73. The predicted octanol–water partition coefficient (Wildman–Crippen LogP) is 4.12. The van der Waals surface area contributed by atoms with Crippen molar-refractivity contribution in [3.05, 3.63) is 55.1 Å². The largest absolute Gasteiger partial charge is 0.370 e. The van der Waals surface area contributed by atoms with E-state index in [1.807, 2.05) is 30.5 Å². The Morgan fingerprint density at radius 2 is 1.65 bits per heavy atom. The van der Waals surface area contributed by atoms with E-state index in [1.165, 1.54) is 18.5 Å². The van der Waals surface area contributed by atoms with E-state index in [2.05, 4.69) is 36.2 Å². The zero-order valence-corrected chi connectivity index (χ0v) is 15.7. The number of halogens is 2. The summed E-state index contributed by atoms with van der Waals surface area (Å²) < 4.78 is 0. The Balaban J connectivity index is 0.00000121. The molecular formula is C18H20Cl2N6. The van der Waals surface area contributed by atoms with E-state index < -0.39 is 0 Å². The van der Waals surface area contributed by atoms with Gasteiger partial charge in [0.1, 0.15) is 11.5 Å². The number of rotatable bonds is 4. The van der Waals surface area contributed by atoms with Crippen LogP contribution < -0.4 is 10.2 Å². The van der Waals surface area contributed by atoms with Crippen LogP contribution in [0.4, 0.5) is 17.3 Å². The summed E-state index contributed by atoms with van der Waals surface area (Å²) in [5.74, 6) is 1.41. The zero-order valence-electron chi connectivity index (χ0n) is 14.1. The Kier molecular flexibility index (Phi) is 7.12. The van der Waals surface area contributed by atoms with E-state index in [4.69, 9.17) is 0 Å². The van der Waals surface area contributed by atoms with Crippen molar-refractivity contribution >= 4 is 42.1 Å². The number of aromatic nitrogens is 4. The zero-order chi connectivity index (χ0) is 16.2. The summed E-state index contributed by atoms with van der Waals surface area (Å²) in [7, 11) is 0. The minimum absolute atomic E-state index is 0. The van der Waals surface area contributed by atoms with Crippen molar-refractivity contribution < 1.29 is 0 Å². The van der Waals surface area contributed by atoms with Gasteiger partial charge < -0.3 is 10.2 Å². The second-order valence-corrected chi connectivity index (χ2v) is 5.73. The molecule has 1 aliphatic rings. The molecule has 0 bridgehead atoms. The lowest BCUT2D eigenvalue weighted by molar-refractivity contribution is 0.949. The number of anilines is 3. The minimum atomic E-state index is 0. The highest BCUT2D eigenvalue weighted by molar-refractivity contribution is 5.85. The van der Waals surface area contributed by atoms with Gasteiger partial charge in [-0.3, -0.25) is 9.97 Å². The third-order valence-electron chi connectivity index (χ3n) is 4.04. The third-order valence-corrected chi connectivity index (χ3v) is 4.04. The van der Waals surface area contributed by atoms with Gasteiger partial charge in [-0.1, -0.05) is 6.07 Å². The molecule has 1 aliphatic heterocycles. The molecule has 1 N–H and O–H groups in total. The van der Waals surface area contributed by atoms with Gasteiger partial charge in [-0.25, -0.2) is 9.97 Å². The molecule has 0 aromatic carbocycles. The highest BCUT2D eigenvalue weighted by Gasteiger charge is 2.12. The fraction of sp³-hybridized carbons (Fsp3) is 0.222. The van der Waals surface area contributed by atoms with E-state index in [0.717, 1.165) is 30.3 Å². The lowest BCUT2D eigenvalue weighted by Crippen LogP contribution is -2.17. The van der Waals surface area contributed by atoms with Crippen molar-refractivity contribution in [2.24, 2.45) is 0 Å². The van der Waals surface area contributed by atoms with Crippen LogP contribution in [0.1, 0.15) is 12.8 Å². The quantitative estimate of drug-likeness (QED) is 0.722. The number of hydrogen-bond donors (Lipinski definition) is 1. The Bertz CT molecular complexity index is 807. The van der Waals surface area contributed by atoms with Gasteiger partial charge in [0.05, 0.1) is 30.0 Å². The molecule has 1 fully saturated rings. The van der Waals surface area contributed by atoms with Gasteiger partial charge in [0.25, 0.3) is 0 Å². The molecule has 0 unspecified atom stereocenters. The molecule has 8 heteroatoms. The lowest BCUT2D eigenvalue weighted by atomic mass is 10.3. The first-order chi connectivity index (χ1) is 11.9. The second kappa shape index (κ2) is 9.31. The summed E-state index contributed by atoms with van der Waals surface area (Å²) in [6.07, 6.45) is 9.56. The molecular weight excluding hydrogens is 371 g/mol. The smallest absolute Gasteiger partial charge is 0.150 e. The van der Waals surface area contributed by atoms with Gasteiger partial charge >= 0.3 is 0 Å². The molecule has 0 atom stereocenters. The summed E-state index contributed by atoms with van der Waals surface area (Å²) in [5, 5.41) is 3.20. The van der Waals surface area contributed by atoms with Crippen LogP contribution in [-0.2, 0) is 0 Å². The van der Waals surface area contributed by atoms with Crippen LogP contribution in [0.25, 0.3) is 11.4 Å². The van der Waals surface area contributed by atoms with E-state index >= 15 is 0 Å². The molecule has 4 rings (SSSR count). The highest BCUT2D eigenvalue weighted by atomic mass is 35.5. The third kappa shape index (κ3) is 4.59. The summed E-state index contributed by atoms with van der Waals surface area (Å²) >= 11 is 0. The molecule has 0 amide bonds. The number of nitrogens with zero attached hydrogens (tertiary/aromatic N) is 5. The van der Waals surface area contributed by atoms with Gasteiger partial charge in [0.2, 0.25) is 0 Å². The van der Waals surface area contributed by atoms with E-state index in [9.17, 15) is 0 Å². The maximum atomic E-state index is 4.55. The van der Waals surface area contributed by atoms with Gasteiger partial charge in [-0.05, 0) is 37.1 Å². The molecule has 1 saturated heterocycles. The van der Waals surface area contributed by atoms with Crippen molar-refractivity contribution in [1.29, 1.82) is 0 Å². The molecule has 26 heavy (non-hydrogen) atoms. The minimum Gasteiger partial charge on any atom is -0.370 e. The number of pyridine rings is 2. The molecule has 4 heterocycles. The standard InChI is InChI=1S/C18H18N6.2ClH/c1-2-8-20-15(5-1)16-12-19-13-18(22-16)23-17-7-6-14(11-21-17)24-9-3-4-10-24;;/h1-2,5-8,11-13H,3-4,9-10H2,(H,21,22,23);2*1H. The maximum absolute atomic E-state index is 4.55. The van der Waals surface area contributed by atoms with Crippen molar-refractivity contribution in [3.8, 4) is 11.4 Å². The van der Waals surface area contributed by atoms with Crippen LogP contribution in [-0.4, -0.2) is 33.0 Å². The number of nitrogens with one attached hydrogen (secondary N) is 1. The van der Waals surface area contributed by atoms with Gasteiger partial charge in [0.15, 0.2) is 5.82 Å². The van der Waals surface area contributed by atoms with Crippen LogP contribution in [0.3, 0.4) is 0 Å². The summed E-state index contributed by atoms with van der Waals surface area (Å²) in [4.78, 5) is 19.9. The predicted molar refractivity (Wildman–Crippen MR) is 109 cm³/mol. The van der Waals surface area contributed by atoms with Crippen molar-refractivity contribution in [1.82, 2.24) is 19.9 Å². The number of hydrogen-bond acceptors (Lipinski definition) is 6. The van der Waals surface area contributed by atoms with Crippen LogP contribution in [0, 0.1) is 0 Å². The van der Waals surface area contributed by atoms with E-state index in [0.29, 0.717) is 5.82 Å². The van der Waals surface area contributed by atoms with Gasteiger partial charge in [-0.15, -0.1) is 24.8 Å². The highest BCUT2D eigenvalue weighted by Crippen LogP contribution is 2.22. The van der Waals surface area contributed by atoms with Crippen LogP contribution in [0.15, 0.2) is 55.1 Å². The molecule has 0 aliphatic carbocycles. The fourth-order valence-corrected chi connectivity index (χ4v) is 2.82. The average molecular weight is 391 g/mol. The van der Waals surface area contributed by atoms with Crippen LogP contribution in [0.5, 0.6) is 0 Å². The van der Waals surface area contributed by atoms with Gasteiger partial charge in [-0.2, -0.15) is 0 Å². The normalized spacial score (nSPS) is 12.8. The first kappa shape index (κ1) is 19.9. The first-order valence-electron chi connectivity index (χ1n) is 8.10. The Morgan fingerprint density at radius 1 is 0.808 bits per heavy atom. The monoisotopic (exact) mass is 390 g/mol. The molecule has 3 aromatic rings. The molecule has 136 valence electrons. The van der Waals surface area contributed by atoms with Crippen LogP contribution in [0.2, 0.25) is 0 Å².